The van der Waals surface area contributed by atoms with Crippen molar-refractivity contribution in [2.24, 2.45) is 0 Å². The van der Waals surface area contributed by atoms with E-state index in [1.807, 2.05) is 48.5 Å². The number of halogens is 4. The summed E-state index contributed by atoms with van der Waals surface area (Å²) in [6.07, 6.45) is 2.12. The molecule has 3 unspecified atom stereocenters. The maximum atomic E-state index is 14.1. The molecule has 2 fully saturated rings. The van der Waals surface area contributed by atoms with Crippen molar-refractivity contribution >= 4 is 23.4 Å². The van der Waals surface area contributed by atoms with Gasteiger partial charge in [0.15, 0.2) is 23.7 Å². The van der Waals surface area contributed by atoms with Crippen molar-refractivity contribution in [2.75, 3.05) is 13.7 Å². The molecule has 0 bridgehead atoms. The molecule has 236 valence electrons. The molecular formula is C32H25ClF3N5O4S. The Bertz CT molecular complexity index is 1820. The molecule has 0 spiro atoms. The molecule has 2 aromatic carbocycles. The predicted molar refractivity (Wildman–Crippen MR) is 162 cm³/mol. The highest BCUT2D eigenvalue weighted by molar-refractivity contribution is 8.00. The van der Waals surface area contributed by atoms with Gasteiger partial charge in [0.25, 0.3) is 0 Å². The van der Waals surface area contributed by atoms with Crippen molar-refractivity contribution in [1.29, 1.82) is 0 Å². The number of nitrogens with zero attached hydrogens (tertiary/aromatic N) is 5. The van der Waals surface area contributed by atoms with Gasteiger partial charge in [0.1, 0.15) is 41.2 Å². The predicted octanol–water partition coefficient (Wildman–Crippen LogP) is 6.66. The lowest BCUT2D eigenvalue weighted by Crippen LogP contribution is -2.59. The van der Waals surface area contributed by atoms with Crippen molar-refractivity contribution in [3.05, 3.63) is 113 Å². The number of hydrogen-bond donors (Lipinski definition) is 0. The summed E-state index contributed by atoms with van der Waals surface area (Å²) in [5.74, 6) is -4.23. The van der Waals surface area contributed by atoms with Gasteiger partial charge >= 0.3 is 0 Å². The summed E-state index contributed by atoms with van der Waals surface area (Å²) in [6.45, 7) is 0.186. The Kier molecular flexibility index (Phi) is 8.77. The van der Waals surface area contributed by atoms with Gasteiger partial charge in [-0.2, -0.15) is 0 Å². The van der Waals surface area contributed by atoms with Gasteiger partial charge in [0, 0.05) is 35.5 Å². The first-order chi connectivity index (χ1) is 22.4. The quantitative estimate of drug-likeness (QED) is 0.177. The fourth-order valence-electron chi connectivity index (χ4n) is 5.58. The normalized spacial score (nSPS) is 24.5. The molecule has 46 heavy (non-hydrogen) atoms. The van der Waals surface area contributed by atoms with Crippen molar-refractivity contribution in [2.45, 2.75) is 41.0 Å². The molecule has 2 aliphatic heterocycles. The van der Waals surface area contributed by atoms with E-state index < -0.39 is 53.5 Å². The molecule has 0 saturated carbocycles. The lowest BCUT2D eigenvalue weighted by atomic mass is 9.95. The molecule has 5 heterocycles. The van der Waals surface area contributed by atoms with E-state index in [1.54, 1.807) is 25.6 Å². The highest BCUT2D eigenvalue weighted by Gasteiger charge is 2.52. The number of benzene rings is 2. The van der Waals surface area contributed by atoms with Crippen LogP contribution < -0.4 is 0 Å². The smallest absolute Gasteiger partial charge is 0.194 e. The van der Waals surface area contributed by atoms with Gasteiger partial charge in [0.05, 0.1) is 23.5 Å². The van der Waals surface area contributed by atoms with E-state index in [2.05, 4.69) is 20.3 Å². The zero-order valence-electron chi connectivity index (χ0n) is 24.0. The lowest BCUT2D eigenvalue weighted by Gasteiger charge is -2.48. The molecule has 9 nitrogen and oxygen atoms in total. The molecule has 0 amide bonds. The molecule has 5 aromatic rings. The SMILES string of the molecule is CO[C@H]1C(n2cc(-c3cc(F)c(F)c(F)c3)nn2)[C@H]2OC(c3ccccc3)OCC2O[C@@H]1Sc1cc(Cl)cnc1-c1ccccn1. The van der Waals surface area contributed by atoms with E-state index in [0.29, 0.717) is 21.3 Å². The Morgan fingerprint density at radius 1 is 0.957 bits per heavy atom. The maximum Gasteiger partial charge on any atom is 0.194 e. The number of thioether (sulfide) groups is 1. The van der Waals surface area contributed by atoms with Gasteiger partial charge in [-0.05, 0) is 30.3 Å². The van der Waals surface area contributed by atoms with Gasteiger partial charge in [-0.25, -0.2) is 17.9 Å². The molecule has 3 aromatic heterocycles. The third-order valence-electron chi connectivity index (χ3n) is 7.72. The number of hydrogen-bond acceptors (Lipinski definition) is 9. The average Bonchev–Trinajstić information content (AvgIpc) is 3.57. The summed E-state index contributed by atoms with van der Waals surface area (Å²) < 4.78 is 68.7. The highest BCUT2D eigenvalue weighted by Crippen LogP contribution is 2.46. The van der Waals surface area contributed by atoms with Crippen molar-refractivity contribution in [3.8, 4) is 22.6 Å². The molecule has 0 radical (unpaired) electrons. The van der Waals surface area contributed by atoms with Crippen molar-refractivity contribution in [3.63, 3.8) is 0 Å². The Balaban J connectivity index is 1.27. The summed E-state index contributed by atoms with van der Waals surface area (Å²) in [5.41, 5.74) is 1.56. The van der Waals surface area contributed by atoms with Gasteiger partial charge in [-0.3, -0.25) is 9.97 Å². The van der Waals surface area contributed by atoms with E-state index in [0.717, 1.165) is 17.7 Å². The lowest BCUT2D eigenvalue weighted by molar-refractivity contribution is -0.308. The number of pyridine rings is 2. The summed E-state index contributed by atoms with van der Waals surface area (Å²) >= 11 is 7.73. The molecule has 2 saturated heterocycles. The number of methoxy groups -OCH3 is 1. The number of ether oxygens (including phenoxy) is 4. The fraction of sp³-hybridized carbons (Fsp3) is 0.250. The van der Waals surface area contributed by atoms with Crippen LogP contribution in [-0.4, -0.2) is 62.4 Å². The van der Waals surface area contributed by atoms with Crippen LogP contribution in [0.25, 0.3) is 22.6 Å². The maximum absolute atomic E-state index is 14.1. The van der Waals surface area contributed by atoms with Crippen LogP contribution in [-0.2, 0) is 18.9 Å². The molecule has 7 rings (SSSR count). The largest absolute Gasteiger partial charge is 0.375 e. The zero-order valence-corrected chi connectivity index (χ0v) is 25.6. The molecule has 14 heteroatoms. The van der Waals surface area contributed by atoms with Crippen LogP contribution >= 0.6 is 23.4 Å². The highest BCUT2D eigenvalue weighted by atomic mass is 35.5. The standard InChI is InChI=1S/C32H25ClF3N5O4S/c1-42-30-28(41-15-23(39-40-41)18-11-20(34)26(36)21(35)12-18)29-24(16-43-31(45-29)17-7-3-2-4-8-17)44-32(30)46-25-13-19(33)14-38-27(25)22-9-5-6-10-37-22/h2-15,24,28-32H,16H2,1H3/t24?,28?,29-,30-,31?,32+/m0/s1. The average molecular weight is 668 g/mol. The fourth-order valence-corrected chi connectivity index (χ4v) is 7.12. The Labute approximate surface area is 270 Å². The molecule has 2 aliphatic rings. The Morgan fingerprint density at radius 2 is 1.74 bits per heavy atom. The Hall–Kier alpha value is -3.85. The van der Waals surface area contributed by atoms with Gasteiger partial charge in [-0.1, -0.05) is 65.0 Å². The van der Waals surface area contributed by atoms with Crippen LogP contribution in [0.5, 0.6) is 0 Å². The van der Waals surface area contributed by atoms with Crippen molar-refractivity contribution < 1.29 is 32.1 Å². The minimum atomic E-state index is -1.56. The molecule has 0 N–H and O–H groups in total. The minimum absolute atomic E-state index is 0.0196. The first-order valence-electron chi connectivity index (χ1n) is 14.2. The van der Waals surface area contributed by atoms with E-state index >= 15 is 0 Å². The first kappa shape index (κ1) is 30.8. The number of aromatic nitrogens is 5. The third kappa shape index (κ3) is 6.01. The second kappa shape index (κ2) is 13.1. The second-order valence-electron chi connectivity index (χ2n) is 10.6. The van der Waals surface area contributed by atoms with E-state index in [9.17, 15) is 13.2 Å². The van der Waals surface area contributed by atoms with Crippen LogP contribution in [0.2, 0.25) is 5.02 Å². The summed E-state index contributed by atoms with van der Waals surface area (Å²) in [7, 11) is 1.54. The Morgan fingerprint density at radius 3 is 2.48 bits per heavy atom. The van der Waals surface area contributed by atoms with Crippen LogP contribution in [0.4, 0.5) is 13.2 Å². The van der Waals surface area contributed by atoms with Crippen molar-refractivity contribution in [1.82, 2.24) is 25.0 Å². The molecule has 0 aliphatic carbocycles. The van der Waals surface area contributed by atoms with Crippen LogP contribution in [0, 0.1) is 17.5 Å². The van der Waals surface area contributed by atoms with Crippen LogP contribution in [0.1, 0.15) is 17.9 Å². The molecule has 6 atom stereocenters. The summed E-state index contributed by atoms with van der Waals surface area (Å²) in [6, 6.07) is 17.8. The van der Waals surface area contributed by atoms with Crippen LogP contribution in [0.3, 0.4) is 0 Å². The zero-order chi connectivity index (χ0) is 31.8. The monoisotopic (exact) mass is 667 g/mol. The second-order valence-corrected chi connectivity index (χ2v) is 12.2. The van der Waals surface area contributed by atoms with Crippen LogP contribution in [0.15, 0.2) is 90.2 Å². The summed E-state index contributed by atoms with van der Waals surface area (Å²) in [5, 5.41) is 8.91. The molecular weight excluding hydrogens is 643 g/mol. The van der Waals surface area contributed by atoms with Gasteiger partial charge in [-0.15, -0.1) is 5.10 Å². The summed E-state index contributed by atoms with van der Waals surface area (Å²) in [4.78, 5) is 9.70. The number of fused-ring (bicyclic) bond motifs is 1. The van der Waals surface area contributed by atoms with E-state index in [-0.39, 0.29) is 17.9 Å². The number of rotatable bonds is 7. The third-order valence-corrected chi connectivity index (χ3v) is 9.10. The first-order valence-corrected chi connectivity index (χ1v) is 15.5. The minimum Gasteiger partial charge on any atom is -0.375 e. The topological polar surface area (TPSA) is 93.4 Å². The van der Waals surface area contributed by atoms with Gasteiger partial charge < -0.3 is 18.9 Å². The van der Waals surface area contributed by atoms with E-state index in [4.69, 9.17) is 30.5 Å². The van der Waals surface area contributed by atoms with E-state index in [1.165, 1.54) is 22.6 Å². The van der Waals surface area contributed by atoms with Gasteiger partial charge in [0.2, 0.25) is 0 Å².